The number of aliphatic imine (C=N–C) groups is 1. The second-order valence-electron chi connectivity index (χ2n) is 5.34. The second-order valence-corrected chi connectivity index (χ2v) is 7.42. The number of halogens is 2. The SMILES string of the molecule is CCN(CC)S(=O)(=O)CCNC(=NC)NCc1ccc(F)c(C)c1.I. The van der Waals surface area contributed by atoms with Crippen LogP contribution in [0.1, 0.15) is 25.0 Å². The topological polar surface area (TPSA) is 73.8 Å². The van der Waals surface area contributed by atoms with E-state index >= 15 is 0 Å². The smallest absolute Gasteiger partial charge is 0.215 e. The number of hydrogen-bond donors (Lipinski definition) is 2. The van der Waals surface area contributed by atoms with Crippen LogP contribution in [0.25, 0.3) is 0 Å². The third-order valence-corrected chi connectivity index (χ3v) is 5.68. The van der Waals surface area contributed by atoms with Crippen LogP contribution < -0.4 is 10.6 Å². The van der Waals surface area contributed by atoms with Crippen LogP contribution in [0.2, 0.25) is 0 Å². The molecule has 144 valence electrons. The van der Waals surface area contributed by atoms with E-state index in [9.17, 15) is 12.8 Å². The maximum Gasteiger partial charge on any atom is 0.215 e. The van der Waals surface area contributed by atoms with Gasteiger partial charge in [0.25, 0.3) is 0 Å². The molecule has 0 atom stereocenters. The van der Waals surface area contributed by atoms with Gasteiger partial charge in [0.2, 0.25) is 10.0 Å². The van der Waals surface area contributed by atoms with Crippen LogP contribution in [-0.2, 0) is 16.6 Å². The van der Waals surface area contributed by atoms with Crippen molar-refractivity contribution in [3.8, 4) is 0 Å². The first-order valence-electron chi connectivity index (χ1n) is 8.01. The lowest BCUT2D eigenvalue weighted by molar-refractivity contribution is 0.445. The highest BCUT2D eigenvalue weighted by Crippen LogP contribution is 2.08. The van der Waals surface area contributed by atoms with Gasteiger partial charge in [-0.3, -0.25) is 4.99 Å². The summed E-state index contributed by atoms with van der Waals surface area (Å²) in [5, 5.41) is 6.07. The molecule has 1 aromatic carbocycles. The first kappa shape index (κ1) is 24.1. The Morgan fingerprint density at radius 3 is 2.40 bits per heavy atom. The van der Waals surface area contributed by atoms with E-state index in [1.54, 1.807) is 26.1 Å². The Hall–Kier alpha value is -0.940. The van der Waals surface area contributed by atoms with E-state index in [0.717, 1.165) is 5.56 Å². The number of nitrogens with zero attached hydrogens (tertiary/aromatic N) is 2. The van der Waals surface area contributed by atoms with Gasteiger partial charge in [-0.2, -0.15) is 0 Å². The highest BCUT2D eigenvalue weighted by molar-refractivity contribution is 14.0. The lowest BCUT2D eigenvalue weighted by Gasteiger charge is -2.19. The molecule has 0 saturated carbocycles. The monoisotopic (exact) mass is 486 g/mol. The Kier molecular flexibility index (Phi) is 11.2. The fourth-order valence-corrected chi connectivity index (χ4v) is 3.67. The molecule has 1 rings (SSSR count). The molecule has 6 nitrogen and oxygen atoms in total. The van der Waals surface area contributed by atoms with Gasteiger partial charge in [-0.15, -0.1) is 24.0 Å². The van der Waals surface area contributed by atoms with Crippen LogP contribution in [0.15, 0.2) is 23.2 Å². The Morgan fingerprint density at radius 1 is 1.24 bits per heavy atom. The summed E-state index contributed by atoms with van der Waals surface area (Å²) in [6.07, 6.45) is 0. The van der Waals surface area contributed by atoms with Gasteiger partial charge >= 0.3 is 0 Å². The minimum atomic E-state index is -3.26. The molecule has 1 aromatic rings. The molecule has 0 aliphatic heterocycles. The molecular weight excluding hydrogens is 458 g/mol. The molecule has 0 fully saturated rings. The number of sulfonamides is 1. The molecule has 0 heterocycles. The first-order chi connectivity index (χ1) is 11.3. The molecule has 9 heteroatoms. The van der Waals surface area contributed by atoms with Gasteiger partial charge in [-0.05, 0) is 24.1 Å². The summed E-state index contributed by atoms with van der Waals surface area (Å²) in [6, 6.07) is 4.90. The first-order valence-corrected chi connectivity index (χ1v) is 9.62. The molecular formula is C16H28FIN4O2S. The summed E-state index contributed by atoms with van der Waals surface area (Å²) in [5.74, 6) is 0.278. The van der Waals surface area contributed by atoms with Crippen molar-refractivity contribution < 1.29 is 12.8 Å². The van der Waals surface area contributed by atoms with Crippen molar-refractivity contribution >= 4 is 40.0 Å². The summed E-state index contributed by atoms with van der Waals surface area (Å²) >= 11 is 0. The van der Waals surface area contributed by atoms with Crippen molar-refractivity contribution in [2.24, 2.45) is 4.99 Å². The van der Waals surface area contributed by atoms with Crippen LogP contribution in [0.4, 0.5) is 4.39 Å². The molecule has 25 heavy (non-hydrogen) atoms. The van der Waals surface area contributed by atoms with E-state index in [4.69, 9.17) is 0 Å². The molecule has 0 aliphatic carbocycles. The molecule has 0 amide bonds. The van der Waals surface area contributed by atoms with E-state index in [-0.39, 0.29) is 42.1 Å². The van der Waals surface area contributed by atoms with Crippen molar-refractivity contribution in [3.63, 3.8) is 0 Å². The van der Waals surface area contributed by atoms with Gasteiger partial charge in [0.15, 0.2) is 5.96 Å². The number of nitrogens with one attached hydrogen (secondary N) is 2. The minimum absolute atomic E-state index is 0. The van der Waals surface area contributed by atoms with Gasteiger partial charge in [0.1, 0.15) is 5.82 Å². The maximum atomic E-state index is 13.2. The van der Waals surface area contributed by atoms with Gasteiger partial charge in [0.05, 0.1) is 5.75 Å². The number of hydrogen-bond acceptors (Lipinski definition) is 3. The Bertz CT molecular complexity index is 664. The number of benzene rings is 1. The molecule has 0 spiro atoms. The van der Waals surface area contributed by atoms with Crippen molar-refractivity contribution in [3.05, 3.63) is 35.1 Å². The maximum absolute atomic E-state index is 13.2. The summed E-state index contributed by atoms with van der Waals surface area (Å²) in [4.78, 5) is 4.06. The zero-order valence-electron chi connectivity index (χ0n) is 15.2. The third kappa shape index (κ3) is 7.87. The second kappa shape index (κ2) is 11.6. The van der Waals surface area contributed by atoms with Crippen molar-refractivity contribution in [1.82, 2.24) is 14.9 Å². The highest BCUT2D eigenvalue weighted by atomic mass is 127. The van der Waals surface area contributed by atoms with E-state index in [1.807, 2.05) is 13.8 Å². The average Bonchev–Trinajstić information content (AvgIpc) is 2.54. The molecule has 0 unspecified atom stereocenters. The highest BCUT2D eigenvalue weighted by Gasteiger charge is 2.18. The van der Waals surface area contributed by atoms with Gasteiger partial charge in [-0.1, -0.05) is 26.0 Å². The normalized spacial score (nSPS) is 12.0. The Labute approximate surface area is 167 Å². The number of guanidine groups is 1. The minimum Gasteiger partial charge on any atom is -0.355 e. The van der Waals surface area contributed by atoms with Crippen LogP contribution in [0.5, 0.6) is 0 Å². The van der Waals surface area contributed by atoms with Crippen LogP contribution in [-0.4, -0.2) is 51.1 Å². The summed E-state index contributed by atoms with van der Waals surface area (Å²) in [7, 11) is -1.64. The quantitative estimate of drug-likeness (QED) is 0.336. The molecule has 0 radical (unpaired) electrons. The zero-order valence-corrected chi connectivity index (χ0v) is 18.3. The Balaban J connectivity index is 0.00000576. The molecule has 0 saturated heterocycles. The summed E-state index contributed by atoms with van der Waals surface area (Å²) in [6.45, 7) is 7.03. The third-order valence-electron chi connectivity index (χ3n) is 3.66. The molecule has 0 bridgehead atoms. The lowest BCUT2D eigenvalue weighted by atomic mass is 10.1. The molecule has 0 aromatic heterocycles. The fraction of sp³-hybridized carbons (Fsp3) is 0.562. The number of aryl methyl sites for hydroxylation is 1. The zero-order chi connectivity index (χ0) is 18.2. The fourth-order valence-electron chi connectivity index (χ4n) is 2.27. The molecule has 0 aliphatic rings. The summed E-state index contributed by atoms with van der Waals surface area (Å²) in [5.41, 5.74) is 1.51. The van der Waals surface area contributed by atoms with E-state index in [2.05, 4.69) is 15.6 Å². The summed E-state index contributed by atoms with van der Waals surface area (Å²) < 4.78 is 38.9. The predicted molar refractivity (Wildman–Crippen MR) is 111 cm³/mol. The van der Waals surface area contributed by atoms with Crippen molar-refractivity contribution in [1.29, 1.82) is 0 Å². The van der Waals surface area contributed by atoms with Crippen LogP contribution in [0, 0.1) is 12.7 Å². The van der Waals surface area contributed by atoms with Gasteiger partial charge in [-0.25, -0.2) is 17.1 Å². The van der Waals surface area contributed by atoms with E-state index in [1.165, 1.54) is 10.4 Å². The predicted octanol–water partition coefficient (Wildman–Crippen LogP) is 2.09. The Morgan fingerprint density at radius 2 is 1.88 bits per heavy atom. The van der Waals surface area contributed by atoms with E-state index < -0.39 is 10.0 Å². The lowest BCUT2D eigenvalue weighted by Crippen LogP contribution is -2.41. The van der Waals surface area contributed by atoms with Gasteiger partial charge < -0.3 is 10.6 Å². The van der Waals surface area contributed by atoms with Crippen molar-refractivity contribution in [2.75, 3.05) is 32.4 Å². The van der Waals surface area contributed by atoms with Crippen LogP contribution >= 0.6 is 24.0 Å². The number of rotatable bonds is 8. The standard InChI is InChI=1S/C16H27FN4O2S.HI/c1-5-21(6-2)24(22,23)10-9-19-16(18-4)20-12-14-7-8-15(17)13(3)11-14;/h7-8,11H,5-6,9-10,12H2,1-4H3,(H2,18,19,20);1H. The van der Waals surface area contributed by atoms with Crippen LogP contribution in [0.3, 0.4) is 0 Å². The van der Waals surface area contributed by atoms with Gasteiger partial charge in [0, 0.05) is 33.2 Å². The van der Waals surface area contributed by atoms with E-state index in [0.29, 0.717) is 31.2 Å². The molecule has 2 N–H and O–H groups in total. The van der Waals surface area contributed by atoms with Crippen molar-refractivity contribution in [2.45, 2.75) is 27.3 Å². The average molecular weight is 486 g/mol. The largest absolute Gasteiger partial charge is 0.355 e.